The molecule has 9 aromatic carbocycles. The quantitative estimate of drug-likeness (QED) is 0.163. The summed E-state index contributed by atoms with van der Waals surface area (Å²) in [4.78, 5) is 2.47. The van der Waals surface area contributed by atoms with Gasteiger partial charge in [0.2, 0.25) is 0 Å². The number of fused-ring (bicyclic) bond motifs is 6. The second kappa shape index (κ2) is 13.4. The predicted molar refractivity (Wildman–Crippen MR) is 237 cm³/mol. The van der Waals surface area contributed by atoms with Crippen molar-refractivity contribution in [3.05, 3.63) is 247 Å². The lowest BCUT2D eigenvalue weighted by Gasteiger charge is -2.34. The maximum Gasteiger partial charge on any atom is 0.135 e. The predicted octanol–water partition coefficient (Wildman–Crippen LogP) is 14.8. The molecule has 0 bridgehead atoms. The molecule has 11 rings (SSSR count). The highest BCUT2D eigenvalue weighted by atomic mass is 16.3. The first-order valence-electron chi connectivity index (χ1n) is 19.6. The van der Waals surface area contributed by atoms with E-state index in [4.69, 9.17) is 4.42 Å². The number of hydrogen-bond acceptors (Lipinski definition) is 2. The molecule has 268 valence electrons. The topological polar surface area (TPSA) is 16.4 Å². The number of benzene rings is 9. The van der Waals surface area contributed by atoms with Gasteiger partial charge in [-0.2, -0.15) is 0 Å². The van der Waals surface area contributed by atoms with Gasteiger partial charge in [0, 0.05) is 27.6 Å². The van der Waals surface area contributed by atoms with E-state index in [0.29, 0.717) is 0 Å². The Bertz CT molecular complexity index is 3020. The molecule has 0 unspecified atom stereocenters. The molecule has 0 amide bonds. The van der Waals surface area contributed by atoms with Crippen LogP contribution in [0.5, 0.6) is 0 Å². The lowest BCUT2D eigenvalue weighted by molar-refractivity contribution is 0.669. The highest BCUT2D eigenvalue weighted by molar-refractivity contribution is 6.06. The lowest BCUT2D eigenvalue weighted by Crippen LogP contribution is -2.28. The van der Waals surface area contributed by atoms with Crippen molar-refractivity contribution in [2.75, 3.05) is 4.90 Å². The number of para-hydroxylation sites is 2. The van der Waals surface area contributed by atoms with Gasteiger partial charge >= 0.3 is 0 Å². The summed E-state index contributed by atoms with van der Waals surface area (Å²) in [5.74, 6) is 0. The summed E-state index contributed by atoms with van der Waals surface area (Å²) >= 11 is 0. The number of anilines is 3. The van der Waals surface area contributed by atoms with Crippen LogP contribution < -0.4 is 4.90 Å². The second-order valence-electron chi connectivity index (χ2n) is 14.8. The van der Waals surface area contributed by atoms with Crippen molar-refractivity contribution < 1.29 is 4.42 Å². The Labute approximate surface area is 332 Å². The Morgan fingerprint density at radius 1 is 0.351 bits per heavy atom. The lowest BCUT2D eigenvalue weighted by atomic mass is 9.68. The highest BCUT2D eigenvalue weighted by Gasteiger charge is 2.47. The smallest absolute Gasteiger partial charge is 0.135 e. The number of nitrogens with zero attached hydrogens (tertiary/aromatic N) is 1. The SMILES string of the molecule is c1ccc(-c2ccccc2N(c2ccc(-c3ccc4oc5ccccc5c4c3)cc2)c2cccc3c2-c2ccccc2C3(c2ccccc2)c2ccccc2)cc1. The molecule has 1 aliphatic rings. The summed E-state index contributed by atoms with van der Waals surface area (Å²) in [5.41, 5.74) is 16.8. The summed E-state index contributed by atoms with van der Waals surface area (Å²) in [6, 6.07) is 81.3. The van der Waals surface area contributed by atoms with Gasteiger partial charge in [-0.25, -0.2) is 0 Å². The molecule has 10 aromatic rings. The molecule has 0 fully saturated rings. The number of furan rings is 1. The minimum atomic E-state index is -0.505. The molecule has 2 heteroatoms. The maximum absolute atomic E-state index is 6.17. The summed E-state index contributed by atoms with van der Waals surface area (Å²) < 4.78 is 6.17. The van der Waals surface area contributed by atoms with Crippen LogP contribution in [-0.2, 0) is 5.41 Å². The van der Waals surface area contributed by atoms with Crippen LogP contribution in [0.3, 0.4) is 0 Å². The fourth-order valence-electron chi connectivity index (χ4n) is 9.31. The molecule has 1 heterocycles. The monoisotopic (exact) mass is 727 g/mol. The van der Waals surface area contributed by atoms with Crippen molar-refractivity contribution >= 4 is 39.0 Å². The average molecular weight is 728 g/mol. The zero-order valence-electron chi connectivity index (χ0n) is 31.2. The molecule has 57 heavy (non-hydrogen) atoms. The van der Waals surface area contributed by atoms with Gasteiger partial charge in [0.25, 0.3) is 0 Å². The molecular formula is C55H37NO. The van der Waals surface area contributed by atoms with Crippen LogP contribution in [0.2, 0.25) is 0 Å². The van der Waals surface area contributed by atoms with E-state index in [1.165, 1.54) is 44.5 Å². The molecule has 0 saturated carbocycles. The molecule has 0 radical (unpaired) electrons. The first-order chi connectivity index (χ1) is 28.3. The molecule has 0 saturated heterocycles. The first-order valence-corrected chi connectivity index (χ1v) is 19.6. The summed E-state index contributed by atoms with van der Waals surface area (Å²) in [5, 5.41) is 2.26. The maximum atomic E-state index is 6.17. The van der Waals surface area contributed by atoms with Gasteiger partial charge < -0.3 is 9.32 Å². The van der Waals surface area contributed by atoms with Crippen LogP contribution in [-0.4, -0.2) is 0 Å². The molecule has 1 aromatic heterocycles. The fourth-order valence-corrected chi connectivity index (χ4v) is 9.31. The zero-order chi connectivity index (χ0) is 37.8. The zero-order valence-corrected chi connectivity index (χ0v) is 31.2. The van der Waals surface area contributed by atoms with E-state index in [1.807, 2.05) is 12.1 Å². The van der Waals surface area contributed by atoms with Gasteiger partial charge in [-0.15, -0.1) is 0 Å². The van der Waals surface area contributed by atoms with Crippen molar-refractivity contribution in [3.8, 4) is 33.4 Å². The third-order valence-corrected chi connectivity index (χ3v) is 11.8. The molecule has 0 aliphatic heterocycles. The number of rotatable bonds is 7. The Kier molecular flexibility index (Phi) is 7.75. The van der Waals surface area contributed by atoms with E-state index in [1.54, 1.807) is 0 Å². The van der Waals surface area contributed by atoms with Crippen molar-refractivity contribution in [3.63, 3.8) is 0 Å². The van der Waals surface area contributed by atoms with Gasteiger partial charge in [0.15, 0.2) is 0 Å². The first kappa shape index (κ1) is 33.0. The minimum absolute atomic E-state index is 0.505. The standard InChI is InChI=1S/C55H37NO/c1-4-17-39(18-5-1)44-23-11-14-28-50(44)56(43-34-31-38(32-35-43)40-33-36-53-47(37-40)45-24-12-15-30-52(45)57-53)51-29-16-27-49-54(51)46-25-10-13-26-48(46)55(49,41-19-6-2-7-20-41)42-21-8-3-9-22-42/h1-37H. The van der Waals surface area contributed by atoms with Crippen molar-refractivity contribution in [2.45, 2.75) is 5.41 Å². The van der Waals surface area contributed by atoms with Gasteiger partial charge in [0.05, 0.1) is 16.8 Å². The fraction of sp³-hybridized carbons (Fsp3) is 0.0182. The van der Waals surface area contributed by atoms with E-state index in [2.05, 4.69) is 217 Å². The van der Waals surface area contributed by atoms with E-state index in [0.717, 1.165) is 50.1 Å². The normalized spacial score (nSPS) is 12.7. The minimum Gasteiger partial charge on any atom is -0.456 e. The average Bonchev–Trinajstić information content (AvgIpc) is 3.82. The van der Waals surface area contributed by atoms with Crippen molar-refractivity contribution in [1.82, 2.24) is 0 Å². The molecule has 0 N–H and O–H groups in total. The van der Waals surface area contributed by atoms with E-state index < -0.39 is 5.41 Å². The number of hydrogen-bond donors (Lipinski definition) is 0. The Morgan fingerprint density at radius 3 is 1.67 bits per heavy atom. The van der Waals surface area contributed by atoms with Gasteiger partial charge in [0.1, 0.15) is 11.2 Å². The highest BCUT2D eigenvalue weighted by Crippen LogP contribution is 2.59. The Morgan fingerprint density at radius 2 is 0.912 bits per heavy atom. The largest absolute Gasteiger partial charge is 0.456 e. The van der Waals surface area contributed by atoms with Crippen LogP contribution >= 0.6 is 0 Å². The third kappa shape index (κ3) is 5.18. The van der Waals surface area contributed by atoms with Crippen molar-refractivity contribution in [1.29, 1.82) is 0 Å². The van der Waals surface area contributed by atoms with Gasteiger partial charge in [-0.05, 0) is 87.0 Å². The summed E-state index contributed by atoms with van der Waals surface area (Å²) in [6.45, 7) is 0. The van der Waals surface area contributed by atoms with Crippen molar-refractivity contribution in [2.24, 2.45) is 0 Å². The van der Waals surface area contributed by atoms with Crippen LogP contribution in [0.25, 0.3) is 55.3 Å². The molecule has 2 nitrogen and oxygen atoms in total. The Balaban J connectivity index is 1.15. The summed E-state index contributed by atoms with van der Waals surface area (Å²) in [7, 11) is 0. The van der Waals surface area contributed by atoms with Crippen LogP contribution in [0.4, 0.5) is 17.1 Å². The van der Waals surface area contributed by atoms with Crippen LogP contribution in [0.15, 0.2) is 229 Å². The summed E-state index contributed by atoms with van der Waals surface area (Å²) in [6.07, 6.45) is 0. The van der Waals surface area contributed by atoms with Gasteiger partial charge in [-0.1, -0.05) is 182 Å². The molecule has 0 atom stereocenters. The van der Waals surface area contributed by atoms with E-state index in [-0.39, 0.29) is 0 Å². The second-order valence-corrected chi connectivity index (χ2v) is 14.8. The van der Waals surface area contributed by atoms with E-state index >= 15 is 0 Å². The third-order valence-electron chi connectivity index (χ3n) is 11.8. The Hall–Kier alpha value is -7.42. The van der Waals surface area contributed by atoms with E-state index in [9.17, 15) is 0 Å². The van der Waals surface area contributed by atoms with Gasteiger partial charge in [-0.3, -0.25) is 0 Å². The van der Waals surface area contributed by atoms with Crippen LogP contribution in [0.1, 0.15) is 22.3 Å². The van der Waals surface area contributed by atoms with Crippen LogP contribution in [0, 0.1) is 0 Å². The molecule has 1 aliphatic carbocycles. The molecule has 0 spiro atoms. The molecular weight excluding hydrogens is 691 g/mol.